The quantitative estimate of drug-likeness (QED) is 0.0378. The largest absolute Gasteiger partial charge is 0.457 e. The first-order valence-corrected chi connectivity index (χ1v) is 25.6. The lowest BCUT2D eigenvalue weighted by Gasteiger charge is -2.16. The summed E-state index contributed by atoms with van der Waals surface area (Å²) >= 11 is 0. The van der Waals surface area contributed by atoms with Gasteiger partial charge in [0.1, 0.15) is 6.10 Å². The SMILES string of the molecule is CCCCCCC/C=C\C/C=C\CCCCCCCCCCCC(=O)OC(CO)COCCCCCCCCCCCCCC/C=C\CCCCCCCCCC. The summed E-state index contributed by atoms with van der Waals surface area (Å²) in [7, 11) is 0. The normalized spacial score (nSPS) is 12.5. The topological polar surface area (TPSA) is 55.8 Å². The molecule has 0 bridgehead atoms. The van der Waals surface area contributed by atoms with Crippen LogP contribution >= 0.6 is 0 Å². The minimum absolute atomic E-state index is 0.171. The van der Waals surface area contributed by atoms with E-state index in [1.165, 1.54) is 225 Å². The molecule has 1 unspecified atom stereocenters. The molecule has 0 saturated carbocycles. The van der Waals surface area contributed by atoms with Gasteiger partial charge in [0.05, 0.1) is 13.2 Å². The molecule has 0 amide bonds. The average molecular weight is 801 g/mol. The smallest absolute Gasteiger partial charge is 0.306 e. The van der Waals surface area contributed by atoms with Crippen molar-refractivity contribution in [2.45, 2.75) is 277 Å². The minimum Gasteiger partial charge on any atom is -0.457 e. The molecule has 0 fully saturated rings. The monoisotopic (exact) mass is 801 g/mol. The Bertz CT molecular complexity index is 848. The maximum absolute atomic E-state index is 12.3. The number of ether oxygens (including phenoxy) is 2. The zero-order valence-electron chi connectivity index (χ0n) is 38.6. The molecule has 336 valence electrons. The van der Waals surface area contributed by atoms with Crippen LogP contribution < -0.4 is 0 Å². The summed E-state index contributed by atoms with van der Waals surface area (Å²) in [5, 5.41) is 9.65. The molecule has 0 rings (SSSR count). The number of carbonyl (C=O) groups is 1. The van der Waals surface area contributed by atoms with Crippen molar-refractivity contribution in [3.63, 3.8) is 0 Å². The lowest BCUT2D eigenvalue weighted by molar-refractivity contribution is -0.154. The van der Waals surface area contributed by atoms with Crippen LogP contribution in [0.1, 0.15) is 271 Å². The molecule has 0 radical (unpaired) electrons. The van der Waals surface area contributed by atoms with Crippen molar-refractivity contribution in [3.8, 4) is 0 Å². The minimum atomic E-state index is -0.536. The Labute approximate surface area is 357 Å². The molecule has 4 nitrogen and oxygen atoms in total. The molecule has 0 aromatic rings. The third-order valence-corrected chi connectivity index (χ3v) is 11.4. The van der Waals surface area contributed by atoms with Gasteiger partial charge in [-0.25, -0.2) is 0 Å². The van der Waals surface area contributed by atoms with Gasteiger partial charge in [-0.2, -0.15) is 0 Å². The zero-order valence-corrected chi connectivity index (χ0v) is 38.6. The first-order chi connectivity index (χ1) is 28.2. The van der Waals surface area contributed by atoms with Crippen molar-refractivity contribution >= 4 is 5.97 Å². The Morgan fingerprint density at radius 2 is 0.737 bits per heavy atom. The van der Waals surface area contributed by atoms with Crippen LogP contribution in [-0.2, 0) is 14.3 Å². The van der Waals surface area contributed by atoms with E-state index in [1.54, 1.807) is 0 Å². The molecular weight excluding hydrogens is 701 g/mol. The highest BCUT2D eigenvalue weighted by atomic mass is 16.6. The van der Waals surface area contributed by atoms with Gasteiger partial charge in [-0.1, -0.05) is 230 Å². The van der Waals surface area contributed by atoms with Crippen molar-refractivity contribution in [1.82, 2.24) is 0 Å². The fraction of sp³-hybridized carbons (Fsp3) is 0.868. The molecule has 0 spiro atoms. The zero-order chi connectivity index (χ0) is 41.2. The summed E-state index contributed by atoms with van der Waals surface area (Å²) in [6.45, 7) is 5.37. The molecule has 0 heterocycles. The Balaban J connectivity index is 3.39. The number of aliphatic hydroxyl groups is 1. The number of hydrogen-bond acceptors (Lipinski definition) is 4. The molecule has 0 aromatic heterocycles. The molecule has 57 heavy (non-hydrogen) atoms. The van der Waals surface area contributed by atoms with E-state index in [1.807, 2.05) is 0 Å². The Kier molecular flexibility index (Phi) is 49.5. The van der Waals surface area contributed by atoms with Gasteiger partial charge in [0.2, 0.25) is 0 Å². The van der Waals surface area contributed by atoms with Crippen molar-refractivity contribution in [1.29, 1.82) is 0 Å². The highest BCUT2D eigenvalue weighted by Crippen LogP contribution is 2.15. The molecule has 0 aromatic carbocycles. The van der Waals surface area contributed by atoms with Crippen molar-refractivity contribution < 1.29 is 19.4 Å². The van der Waals surface area contributed by atoms with Crippen LogP contribution in [0.25, 0.3) is 0 Å². The van der Waals surface area contributed by atoms with E-state index in [4.69, 9.17) is 9.47 Å². The van der Waals surface area contributed by atoms with Gasteiger partial charge in [-0.05, 0) is 70.6 Å². The number of hydrogen-bond donors (Lipinski definition) is 1. The molecule has 0 saturated heterocycles. The van der Waals surface area contributed by atoms with Crippen molar-refractivity contribution in [3.05, 3.63) is 36.5 Å². The first-order valence-electron chi connectivity index (χ1n) is 25.6. The average Bonchev–Trinajstić information content (AvgIpc) is 3.22. The predicted octanol–water partition coefficient (Wildman–Crippen LogP) is 17.2. The van der Waals surface area contributed by atoms with Gasteiger partial charge in [0.25, 0.3) is 0 Å². The molecular formula is C53H100O4. The second-order valence-corrected chi connectivity index (χ2v) is 17.2. The van der Waals surface area contributed by atoms with Gasteiger partial charge in [0, 0.05) is 13.0 Å². The number of esters is 1. The standard InChI is InChI=1S/C53H100O4/c1-3-5-7-9-11-13-15-17-19-21-23-25-26-27-29-31-33-35-37-39-41-43-45-47-49-56-51-52(50-54)57-53(55)48-46-44-42-40-38-36-34-32-30-28-24-22-20-18-16-14-12-10-8-6-4-2/h16,18,21-24,52,54H,3-15,17,19-20,25-51H2,1-2H3/b18-16-,23-21-,24-22-. The predicted molar refractivity (Wildman–Crippen MR) is 251 cm³/mol. The second-order valence-electron chi connectivity index (χ2n) is 17.2. The molecule has 0 aliphatic carbocycles. The van der Waals surface area contributed by atoms with Crippen molar-refractivity contribution in [2.24, 2.45) is 0 Å². The van der Waals surface area contributed by atoms with E-state index in [-0.39, 0.29) is 12.6 Å². The van der Waals surface area contributed by atoms with Crippen LogP contribution in [0.2, 0.25) is 0 Å². The highest BCUT2D eigenvalue weighted by Gasteiger charge is 2.13. The Morgan fingerprint density at radius 3 is 1.11 bits per heavy atom. The van der Waals surface area contributed by atoms with Gasteiger partial charge in [-0.3, -0.25) is 4.79 Å². The van der Waals surface area contributed by atoms with E-state index in [0.717, 1.165) is 25.7 Å². The number of unbranched alkanes of at least 4 members (excludes halogenated alkanes) is 34. The third-order valence-electron chi connectivity index (χ3n) is 11.4. The summed E-state index contributed by atoms with van der Waals surface area (Å²) in [6.07, 6.45) is 65.2. The summed E-state index contributed by atoms with van der Waals surface area (Å²) in [5.74, 6) is -0.201. The summed E-state index contributed by atoms with van der Waals surface area (Å²) in [4.78, 5) is 12.3. The molecule has 1 N–H and O–H groups in total. The number of rotatable bonds is 48. The third kappa shape index (κ3) is 48.9. The van der Waals surface area contributed by atoms with Crippen LogP contribution in [0, 0.1) is 0 Å². The Morgan fingerprint density at radius 1 is 0.421 bits per heavy atom. The van der Waals surface area contributed by atoms with E-state index >= 15 is 0 Å². The lowest BCUT2D eigenvalue weighted by Crippen LogP contribution is -2.27. The number of aliphatic hydroxyl groups excluding tert-OH is 1. The van der Waals surface area contributed by atoms with Crippen LogP contribution in [0.15, 0.2) is 36.5 Å². The lowest BCUT2D eigenvalue weighted by atomic mass is 10.0. The molecule has 1 atom stereocenters. The van der Waals surface area contributed by atoms with Crippen molar-refractivity contribution in [2.75, 3.05) is 19.8 Å². The van der Waals surface area contributed by atoms with Crippen LogP contribution in [-0.4, -0.2) is 37.0 Å². The number of carbonyl (C=O) groups excluding carboxylic acids is 1. The van der Waals surface area contributed by atoms with E-state index in [9.17, 15) is 9.90 Å². The number of allylic oxidation sites excluding steroid dienone is 6. The fourth-order valence-electron chi connectivity index (χ4n) is 7.59. The first kappa shape index (κ1) is 55.6. The molecule has 0 aliphatic rings. The Hall–Kier alpha value is -1.39. The van der Waals surface area contributed by atoms with E-state index in [0.29, 0.717) is 19.6 Å². The summed E-state index contributed by atoms with van der Waals surface area (Å²) in [6, 6.07) is 0. The summed E-state index contributed by atoms with van der Waals surface area (Å²) in [5.41, 5.74) is 0. The second kappa shape index (κ2) is 50.8. The maximum atomic E-state index is 12.3. The molecule has 0 aliphatic heterocycles. The van der Waals surface area contributed by atoms with Gasteiger partial charge in [0.15, 0.2) is 0 Å². The maximum Gasteiger partial charge on any atom is 0.306 e. The summed E-state index contributed by atoms with van der Waals surface area (Å²) < 4.78 is 11.2. The van der Waals surface area contributed by atoms with E-state index in [2.05, 4.69) is 50.3 Å². The van der Waals surface area contributed by atoms with Gasteiger partial charge in [-0.15, -0.1) is 0 Å². The molecule has 4 heteroatoms. The van der Waals surface area contributed by atoms with E-state index < -0.39 is 6.10 Å². The van der Waals surface area contributed by atoms with Gasteiger partial charge >= 0.3 is 5.97 Å². The van der Waals surface area contributed by atoms with Crippen LogP contribution in [0.3, 0.4) is 0 Å². The van der Waals surface area contributed by atoms with Gasteiger partial charge < -0.3 is 14.6 Å². The van der Waals surface area contributed by atoms with Crippen LogP contribution in [0.5, 0.6) is 0 Å². The fourth-order valence-corrected chi connectivity index (χ4v) is 7.59. The van der Waals surface area contributed by atoms with Crippen LogP contribution in [0.4, 0.5) is 0 Å². The highest BCUT2D eigenvalue weighted by molar-refractivity contribution is 5.69.